The Morgan fingerprint density at radius 3 is 2.35 bits per heavy atom. The number of hydrogen-bond acceptors (Lipinski definition) is 3. The summed E-state index contributed by atoms with van der Waals surface area (Å²) in [6.45, 7) is 0.486. The highest BCUT2D eigenvalue weighted by Crippen LogP contribution is 2.43. The van der Waals surface area contributed by atoms with E-state index in [1.54, 1.807) is 11.0 Å². The fourth-order valence-electron chi connectivity index (χ4n) is 4.89. The van der Waals surface area contributed by atoms with E-state index in [2.05, 4.69) is 22.8 Å². The SMILES string of the molecule is O=C(CNC(=O)C1c2ccccc2C(=O)N1C1CC1)NCC1(c2ccccc2)CCC1. The highest BCUT2D eigenvalue weighted by atomic mass is 16.2. The van der Waals surface area contributed by atoms with E-state index in [1.165, 1.54) is 5.56 Å². The Morgan fingerprint density at radius 1 is 0.968 bits per heavy atom. The van der Waals surface area contributed by atoms with Gasteiger partial charge in [-0.1, -0.05) is 55.0 Å². The summed E-state index contributed by atoms with van der Waals surface area (Å²) >= 11 is 0. The van der Waals surface area contributed by atoms with Crippen molar-refractivity contribution in [2.75, 3.05) is 13.1 Å². The molecule has 0 saturated heterocycles. The fraction of sp³-hybridized carbons (Fsp3) is 0.400. The van der Waals surface area contributed by atoms with Crippen LogP contribution in [0.2, 0.25) is 0 Å². The first-order valence-corrected chi connectivity index (χ1v) is 11.1. The number of nitrogens with one attached hydrogen (secondary N) is 2. The Hall–Kier alpha value is -3.15. The standard InChI is InChI=1S/C25H27N3O3/c29-21(27-16-25(13-6-14-25)17-7-2-1-3-8-17)15-26-23(30)22-19-9-4-5-10-20(19)24(31)28(22)18-11-12-18/h1-5,7-10,18,22H,6,11-16H2,(H,26,30)(H,27,29). The van der Waals surface area contributed by atoms with Crippen molar-refractivity contribution in [3.8, 4) is 0 Å². The van der Waals surface area contributed by atoms with Crippen molar-refractivity contribution in [1.29, 1.82) is 0 Å². The number of carbonyl (C=O) groups is 3. The van der Waals surface area contributed by atoms with Crippen LogP contribution >= 0.6 is 0 Å². The average molecular weight is 418 g/mol. The van der Waals surface area contributed by atoms with Crippen molar-refractivity contribution in [3.63, 3.8) is 0 Å². The molecule has 6 nitrogen and oxygen atoms in total. The van der Waals surface area contributed by atoms with Gasteiger partial charge in [0, 0.05) is 23.6 Å². The van der Waals surface area contributed by atoms with Gasteiger partial charge in [0.1, 0.15) is 6.04 Å². The van der Waals surface area contributed by atoms with Gasteiger partial charge in [-0.15, -0.1) is 0 Å². The lowest BCUT2D eigenvalue weighted by Crippen LogP contribution is -2.48. The van der Waals surface area contributed by atoms with Gasteiger partial charge in [0.15, 0.2) is 0 Å². The highest BCUT2D eigenvalue weighted by Gasteiger charge is 2.47. The molecule has 6 heteroatoms. The van der Waals surface area contributed by atoms with Gasteiger partial charge in [0.05, 0.1) is 6.54 Å². The lowest BCUT2D eigenvalue weighted by Gasteiger charge is -2.42. The van der Waals surface area contributed by atoms with Crippen molar-refractivity contribution in [2.24, 2.45) is 0 Å². The summed E-state index contributed by atoms with van der Waals surface area (Å²) in [7, 11) is 0. The van der Waals surface area contributed by atoms with Crippen LogP contribution in [0.3, 0.4) is 0 Å². The summed E-state index contributed by atoms with van der Waals surface area (Å²) in [6, 6.07) is 17.0. The zero-order valence-electron chi connectivity index (χ0n) is 17.5. The van der Waals surface area contributed by atoms with Crippen molar-refractivity contribution < 1.29 is 14.4 Å². The van der Waals surface area contributed by atoms with Crippen molar-refractivity contribution in [2.45, 2.75) is 49.6 Å². The van der Waals surface area contributed by atoms with Gasteiger partial charge in [-0.2, -0.15) is 0 Å². The molecule has 0 aromatic heterocycles. The van der Waals surface area contributed by atoms with Gasteiger partial charge in [-0.25, -0.2) is 0 Å². The molecule has 1 unspecified atom stereocenters. The third-order valence-corrected chi connectivity index (χ3v) is 6.93. The van der Waals surface area contributed by atoms with Gasteiger partial charge in [-0.3, -0.25) is 14.4 Å². The molecule has 2 saturated carbocycles. The van der Waals surface area contributed by atoms with E-state index in [9.17, 15) is 14.4 Å². The number of benzene rings is 2. The van der Waals surface area contributed by atoms with E-state index in [1.807, 2.05) is 36.4 Å². The number of carbonyl (C=O) groups excluding carboxylic acids is 3. The Labute approximate surface area is 182 Å². The summed E-state index contributed by atoms with van der Waals surface area (Å²) < 4.78 is 0. The van der Waals surface area contributed by atoms with Crippen LogP contribution < -0.4 is 10.6 Å². The molecule has 0 bridgehead atoms. The van der Waals surface area contributed by atoms with Gasteiger partial charge >= 0.3 is 0 Å². The first-order valence-electron chi connectivity index (χ1n) is 11.1. The Bertz CT molecular complexity index is 1010. The molecule has 1 atom stereocenters. The maximum Gasteiger partial charge on any atom is 0.255 e. The number of fused-ring (bicyclic) bond motifs is 1. The van der Waals surface area contributed by atoms with Crippen molar-refractivity contribution in [3.05, 3.63) is 71.3 Å². The maximum atomic E-state index is 13.0. The predicted octanol–water partition coefficient (Wildman–Crippen LogP) is 2.70. The number of amides is 3. The first-order chi connectivity index (χ1) is 15.1. The zero-order valence-corrected chi connectivity index (χ0v) is 17.5. The quantitative estimate of drug-likeness (QED) is 0.727. The molecule has 3 aliphatic rings. The summed E-state index contributed by atoms with van der Waals surface area (Å²) in [4.78, 5) is 40.0. The molecule has 2 aliphatic carbocycles. The zero-order chi connectivity index (χ0) is 21.4. The summed E-state index contributed by atoms with van der Waals surface area (Å²) in [5.74, 6) is -0.578. The number of hydrogen-bond donors (Lipinski definition) is 2. The van der Waals surface area contributed by atoms with E-state index >= 15 is 0 Å². The monoisotopic (exact) mass is 417 g/mol. The Kier molecular flexibility index (Phi) is 5.00. The second-order valence-electron chi connectivity index (χ2n) is 8.93. The highest BCUT2D eigenvalue weighted by molar-refractivity contribution is 6.05. The van der Waals surface area contributed by atoms with Crippen LogP contribution in [0.15, 0.2) is 54.6 Å². The Morgan fingerprint density at radius 2 is 1.68 bits per heavy atom. The molecule has 2 fully saturated rings. The lowest BCUT2D eigenvalue weighted by atomic mass is 9.64. The van der Waals surface area contributed by atoms with E-state index in [4.69, 9.17) is 0 Å². The fourth-order valence-corrected chi connectivity index (χ4v) is 4.89. The van der Waals surface area contributed by atoms with Crippen molar-refractivity contribution >= 4 is 17.7 Å². The molecule has 1 aliphatic heterocycles. The molecule has 31 heavy (non-hydrogen) atoms. The van der Waals surface area contributed by atoms with Crippen LogP contribution in [0.5, 0.6) is 0 Å². The minimum Gasteiger partial charge on any atom is -0.354 e. The second kappa shape index (κ2) is 7.84. The third kappa shape index (κ3) is 3.60. The molecule has 5 rings (SSSR count). The average Bonchev–Trinajstić information content (AvgIpc) is 3.56. The van der Waals surface area contributed by atoms with E-state index < -0.39 is 6.04 Å². The minimum absolute atomic E-state index is 0.000509. The summed E-state index contributed by atoms with van der Waals surface area (Å²) in [5.41, 5.74) is 2.58. The van der Waals surface area contributed by atoms with E-state index in [-0.39, 0.29) is 35.7 Å². The molecule has 0 radical (unpaired) electrons. The number of nitrogens with zero attached hydrogens (tertiary/aromatic N) is 1. The minimum atomic E-state index is -0.647. The van der Waals surface area contributed by atoms with Gasteiger partial charge in [0.25, 0.3) is 5.91 Å². The van der Waals surface area contributed by atoms with Crippen LogP contribution in [0.1, 0.15) is 59.6 Å². The lowest BCUT2D eigenvalue weighted by molar-refractivity contribution is -0.129. The van der Waals surface area contributed by atoms with E-state index in [0.717, 1.165) is 37.7 Å². The number of rotatable bonds is 7. The van der Waals surface area contributed by atoms with Crippen molar-refractivity contribution in [1.82, 2.24) is 15.5 Å². The Balaban J connectivity index is 1.20. The summed E-state index contributed by atoms with van der Waals surface area (Å²) in [5, 5.41) is 5.78. The molecule has 0 spiro atoms. The second-order valence-corrected chi connectivity index (χ2v) is 8.93. The molecular formula is C25H27N3O3. The molecule has 160 valence electrons. The van der Waals surface area contributed by atoms with Crippen LogP contribution in [0.25, 0.3) is 0 Å². The van der Waals surface area contributed by atoms with Gasteiger partial charge in [-0.05, 0) is 42.9 Å². The smallest absolute Gasteiger partial charge is 0.255 e. The topological polar surface area (TPSA) is 78.5 Å². The van der Waals surface area contributed by atoms with Crippen LogP contribution in [-0.2, 0) is 15.0 Å². The molecule has 2 aromatic rings. The molecular weight excluding hydrogens is 390 g/mol. The van der Waals surface area contributed by atoms with Crippen LogP contribution in [0.4, 0.5) is 0 Å². The predicted molar refractivity (Wildman–Crippen MR) is 116 cm³/mol. The molecule has 3 amide bonds. The molecule has 1 heterocycles. The first kappa shape index (κ1) is 19.8. The summed E-state index contributed by atoms with van der Waals surface area (Å²) in [6.07, 6.45) is 5.12. The maximum absolute atomic E-state index is 13.0. The van der Waals surface area contributed by atoms with Gasteiger partial charge < -0.3 is 15.5 Å². The van der Waals surface area contributed by atoms with E-state index in [0.29, 0.717) is 12.1 Å². The van der Waals surface area contributed by atoms with Crippen LogP contribution in [0, 0.1) is 0 Å². The molecule has 2 N–H and O–H groups in total. The normalized spacial score (nSPS) is 21.2. The van der Waals surface area contributed by atoms with Gasteiger partial charge in [0.2, 0.25) is 11.8 Å². The molecule has 2 aromatic carbocycles. The third-order valence-electron chi connectivity index (χ3n) is 6.93. The largest absolute Gasteiger partial charge is 0.354 e. The van der Waals surface area contributed by atoms with Crippen LogP contribution in [-0.4, -0.2) is 41.8 Å².